The Bertz CT molecular complexity index is 416. The van der Waals surface area contributed by atoms with Gasteiger partial charge in [-0.05, 0) is 46.8 Å². The van der Waals surface area contributed by atoms with E-state index in [2.05, 4.69) is 15.9 Å². The first-order chi connectivity index (χ1) is 8.18. The van der Waals surface area contributed by atoms with E-state index in [1.165, 1.54) is 25.7 Å². The van der Waals surface area contributed by atoms with Gasteiger partial charge in [-0.1, -0.05) is 31.1 Å². The number of rotatable bonds is 4. The smallest absolute Gasteiger partial charge is 0.130 e. The zero-order valence-electron chi connectivity index (χ0n) is 9.62. The maximum Gasteiger partial charge on any atom is 0.130 e. The van der Waals surface area contributed by atoms with Crippen LogP contribution in [0, 0.1) is 5.92 Å². The predicted molar refractivity (Wildman–Crippen MR) is 77.5 cm³/mol. The molecule has 0 aliphatic heterocycles. The Kier molecular flexibility index (Phi) is 4.40. The fraction of sp³-hybridized carbons (Fsp3) is 0.462. The van der Waals surface area contributed by atoms with E-state index in [-0.39, 0.29) is 0 Å². The van der Waals surface area contributed by atoms with Crippen LogP contribution in [0.2, 0.25) is 0 Å². The first-order valence-electron chi connectivity index (χ1n) is 5.89. The van der Waals surface area contributed by atoms with Crippen molar-refractivity contribution in [1.29, 1.82) is 0 Å². The lowest BCUT2D eigenvalue weighted by atomic mass is 10.1. The van der Waals surface area contributed by atoms with Gasteiger partial charge in [0.15, 0.2) is 0 Å². The van der Waals surface area contributed by atoms with Crippen LogP contribution in [0.1, 0.15) is 31.2 Å². The van der Waals surface area contributed by atoms with Gasteiger partial charge in [0.25, 0.3) is 0 Å². The van der Waals surface area contributed by atoms with E-state index in [1.54, 1.807) is 0 Å². The molecule has 2 N–H and O–H groups in total. The molecule has 92 valence electrons. The molecular weight excluding hydrogens is 298 g/mol. The molecule has 17 heavy (non-hydrogen) atoms. The molecule has 2 nitrogen and oxygen atoms in total. The third-order valence-corrected chi connectivity index (χ3v) is 4.04. The minimum absolute atomic E-state index is 0.374. The van der Waals surface area contributed by atoms with Gasteiger partial charge in [0, 0.05) is 4.47 Å². The molecule has 0 saturated heterocycles. The van der Waals surface area contributed by atoms with Crippen LogP contribution in [0.15, 0.2) is 22.7 Å². The van der Waals surface area contributed by atoms with Gasteiger partial charge in [0.05, 0.1) is 12.2 Å². The van der Waals surface area contributed by atoms with Crippen LogP contribution in [-0.4, -0.2) is 11.6 Å². The van der Waals surface area contributed by atoms with Crippen LogP contribution in [0.3, 0.4) is 0 Å². The molecule has 1 aliphatic rings. The molecule has 0 radical (unpaired) electrons. The van der Waals surface area contributed by atoms with Crippen molar-refractivity contribution < 1.29 is 4.74 Å². The molecule has 0 spiro atoms. The summed E-state index contributed by atoms with van der Waals surface area (Å²) < 4.78 is 6.76. The second-order valence-electron chi connectivity index (χ2n) is 4.44. The van der Waals surface area contributed by atoms with E-state index in [1.807, 2.05) is 18.2 Å². The summed E-state index contributed by atoms with van der Waals surface area (Å²) in [6.45, 7) is 0.770. The van der Waals surface area contributed by atoms with E-state index in [0.29, 0.717) is 10.9 Å². The summed E-state index contributed by atoms with van der Waals surface area (Å²) in [6, 6.07) is 5.79. The Labute approximate surface area is 116 Å². The third-order valence-electron chi connectivity index (χ3n) is 3.17. The molecule has 4 heteroatoms. The van der Waals surface area contributed by atoms with E-state index in [0.717, 1.165) is 22.4 Å². The minimum atomic E-state index is 0.374. The van der Waals surface area contributed by atoms with Crippen molar-refractivity contribution in [3.05, 3.63) is 28.2 Å². The van der Waals surface area contributed by atoms with Crippen molar-refractivity contribution in [2.24, 2.45) is 11.7 Å². The highest BCUT2D eigenvalue weighted by atomic mass is 79.9. The van der Waals surface area contributed by atoms with Crippen molar-refractivity contribution in [3.63, 3.8) is 0 Å². The summed E-state index contributed by atoms with van der Waals surface area (Å²) in [5, 5.41) is 0. The maximum atomic E-state index is 5.87. The minimum Gasteiger partial charge on any atom is -0.493 e. The molecule has 0 aromatic heterocycles. The van der Waals surface area contributed by atoms with E-state index < -0.39 is 0 Å². The molecule has 0 heterocycles. The van der Waals surface area contributed by atoms with Gasteiger partial charge in [-0.15, -0.1) is 0 Å². The summed E-state index contributed by atoms with van der Waals surface area (Å²) in [6.07, 6.45) is 5.20. The Hall–Kier alpha value is -0.610. The van der Waals surface area contributed by atoms with Gasteiger partial charge in [-0.3, -0.25) is 0 Å². The fourth-order valence-electron chi connectivity index (χ4n) is 2.25. The van der Waals surface area contributed by atoms with Gasteiger partial charge in [0.2, 0.25) is 0 Å². The number of hydrogen-bond acceptors (Lipinski definition) is 2. The van der Waals surface area contributed by atoms with Crippen molar-refractivity contribution >= 4 is 33.1 Å². The van der Waals surface area contributed by atoms with Gasteiger partial charge < -0.3 is 10.5 Å². The molecule has 1 aromatic rings. The molecule has 1 aliphatic carbocycles. The second kappa shape index (κ2) is 5.83. The Morgan fingerprint density at radius 2 is 2.12 bits per heavy atom. The van der Waals surface area contributed by atoms with Crippen LogP contribution in [-0.2, 0) is 0 Å². The molecular formula is C13H16BrNOS. The lowest BCUT2D eigenvalue weighted by molar-refractivity contribution is 0.251. The average Bonchev–Trinajstić information content (AvgIpc) is 2.78. The summed E-state index contributed by atoms with van der Waals surface area (Å²) in [7, 11) is 0. The summed E-state index contributed by atoms with van der Waals surface area (Å²) in [5.74, 6) is 1.48. The standard InChI is InChI=1S/C13H16BrNOS/c14-10-6-3-7-11(12(10)13(15)17)16-8-9-4-1-2-5-9/h3,6-7,9H,1-2,4-5,8H2,(H2,15,17). The van der Waals surface area contributed by atoms with Crippen LogP contribution in [0.4, 0.5) is 0 Å². The fourth-order valence-corrected chi connectivity index (χ4v) is 3.15. The molecule has 0 atom stereocenters. The van der Waals surface area contributed by atoms with Crippen molar-refractivity contribution in [1.82, 2.24) is 0 Å². The van der Waals surface area contributed by atoms with Crippen molar-refractivity contribution in [2.75, 3.05) is 6.61 Å². The summed E-state index contributed by atoms with van der Waals surface area (Å²) in [4.78, 5) is 0.374. The molecule has 1 saturated carbocycles. The number of benzene rings is 1. The number of hydrogen-bond donors (Lipinski definition) is 1. The van der Waals surface area contributed by atoms with E-state index >= 15 is 0 Å². The van der Waals surface area contributed by atoms with Crippen molar-refractivity contribution in [3.8, 4) is 5.75 Å². The molecule has 0 unspecified atom stereocenters. The highest BCUT2D eigenvalue weighted by Gasteiger charge is 2.17. The van der Waals surface area contributed by atoms with Crippen molar-refractivity contribution in [2.45, 2.75) is 25.7 Å². The van der Waals surface area contributed by atoms with Crippen LogP contribution in [0.5, 0.6) is 5.75 Å². The Morgan fingerprint density at radius 1 is 1.41 bits per heavy atom. The third kappa shape index (κ3) is 3.19. The van der Waals surface area contributed by atoms with E-state index in [4.69, 9.17) is 22.7 Å². The monoisotopic (exact) mass is 313 g/mol. The highest BCUT2D eigenvalue weighted by Crippen LogP contribution is 2.29. The number of ether oxygens (including phenoxy) is 1. The Morgan fingerprint density at radius 3 is 2.76 bits per heavy atom. The summed E-state index contributed by atoms with van der Waals surface area (Å²) >= 11 is 8.51. The number of halogens is 1. The van der Waals surface area contributed by atoms with E-state index in [9.17, 15) is 0 Å². The number of nitrogens with two attached hydrogens (primary N) is 1. The van der Waals surface area contributed by atoms with Crippen LogP contribution >= 0.6 is 28.1 Å². The quantitative estimate of drug-likeness (QED) is 0.862. The Balaban J connectivity index is 2.09. The zero-order chi connectivity index (χ0) is 12.3. The molecule has 1 aromatic carbocycles. The van der Waals surface area contributed by atoms with Crippen LogP contribution in [0.25, 0.3) is 0 Å². The maximum absolute atomic E-state index is 5.87. The molecule has 2 rings (SSSR count). The first kappa shape index (κ1) is 12.8. The lowest BCUT2D eigenvalue weighted by Crippen LogP contribution is -2.15. The molecule has 0 bridgehead atoms. The van der Waals surface area contributed by atoms with Gasteiger partial charge in [-0.2, -0.15) is 0 Å². The SMILES string of the molecule is NC(=S)c1c(Br)cccc1OCC1CCCC1. The van der Waals surface area contributed by atoms with Gasteiger partial charge in [0.1, 0.15) is 10.7 Å². The first-order valence-corrected chi connectivity index (χ1v) is 7.09. The topological polar surface area (TPSA) is 35.2 Å². The molecule has 1 fully saturated rings. The highest BCUT2D eigenvalue weighted by molar-refractivity contribution is 9.10. The normalized spacial score (nSPS) is 16.1. The van der Waals surface area contributed by atoms with Crippen LogP contribution < -0.4 is 10.5 Å². The number of thiocarbonyl (C=S) groups is 1. The second-order valence-corrected chi connectivity index (χ2v) is 5.73. The van der Waals surface area contributed by atoms with Gasteiger partial charge >= 0.3 is 0 Å². The lowest BCUT2D eigenvalue weighted by Gasteiger charge is -2.15. The predicted octanol–water partition coefficient (Wildman–Crippen LogP) is 3.65. The van der Waals surface area contributed by atoms with Gasteiger partial charge in [-0.25, -0.2) is 0 Å². The average molecular weight is 314 g/mol. The largest absolute Gasteiger partial charge is 0.493 e. The summed E-state index contributed by atoms with van der Waals surface area (Å²) in [5.41, 5.74) is 6.53. The molecule has 0 amide bonds. The zero-order valence-corrected chi connectivity index (χ0v) is 12.0.